The van der Waals surface area contributed by atoms with E-state index in [2.05, 4.69) is 34.7 Å². The number of methoxy groups -OCH3 is 1. The van der Waals surface area contributed by atoms with Crippen molar-refractivity contribution in [3.05, 3.63) is 77.2 Å². The van der Waals surface area contributed by atoms with Crippen molar-refractivity contribution in [3.8, 4) is 17.9 Å². The first-order valence-electron chi connectivity index (χ1n) is 8.46. The van der Waals surface area contributed by atoms with Crippen LogP contribution in [0.2, 0.25) is 0 Å². The van der Waals surface area contributed by atoms with E-state index in [9.17, 15) is 10.1 Å². The van der Waals surface area contributed by atoms with E-state index in [1.165, 1.54) is 0 Å². The van der Waals surface area contributed by atoms with Crippen LogP contribution in [0.5, 0.6) is 0 Å². The van der Waals surface area contributed by atoms with Crippen LogP contribution in [-0.4, -0.2) is 31.5 Å². The van der Waals surface area contributed by atoms with Gasteiger partial charge in [-0.1, -0.05) is 24.6 Å². The van der Waals surface area contributed by atoms with Crippen LogP contribution in [0.3, 0.4) is 0 Å². The summed E-state index contributed by atoms with van der Waals surface area (Å²) in [7, 11) is 1.57. The zero-order valence-corrected chi connectivity index (χ0v) is 15.5. The van der Waals surface area contributed by atoms with Gasteiger partial charge in [-0.3, -0.25) is 4.79 Å². The molecule has 1 aliphatic heterocycles. The second-order valence-electron chi connectivity index (χ2n) is 5.61. The Morgan fingerprint density at radius 1 is 1.44 bits per heavy atom. The molecule has 1 heterocycles. The summed E-state index contributed by atoms with van der Waals surface area (Å²) in [6.45, 7) is 7.06. The average Bonchev–Trinajstić information content (AvgIpc) is 3.04. The van der Waals surface area contributed by atoms with Gasteiger partial charge >= 0.3 is 0 Å². The molecule has 136 valence electrons. The summed E-state index contributed by atoms with van der Waals surface area (Å²) in [5.41, 5.74) is 3.57. The van der Waals surface area contributed by atoms with Crippen LogP contribution < -0.4 is 5.32 Å². The van der Waals surface area contributed by atoms with E-state index < -0.39 is 0 Å². The van der Waals surface area contributed by atoms with E-state index in [0.717, 1.165) is 17.7 Å². The fourth-order valence-electron chi connectivity index (χ4n) is 2.63. The van der Waals surface area contributed by atoms with Gasteiger partial charge in [0.1, 0.15) is 17.5 Å². The molecule has 0 spiro atoms. The van der Waals surface area contributed by atoms with Crippen LogP contribution in [-0.2, 0) is 9.53 Å². The van der Waals surface area contributed by atoms with Crippen molar-refractivity contribution in [2.24, 2.45) is 0 Å². The molecule has 1 N–H and O–H groups in total. The lowest BCUT2D eigenvalue weighted by Crippen LogP contribution is -2.18. The van der Waals surface area contributed by atoms with Gasteiger partial charge in [-0.2, -0.15) is 5.26 Å². The Labute approximate surface area is 159 Å². The first kappa shape index (κ1) is 19.6. The lowest BCUT2D eigenvalue weighted by molar-refractivity contribution is -0.105. The van der Waals surface area contributed by atoms with Crippen LogP contribution in [0.1, 0.15) is 12.5 Å². The van der Waals surface area contributed by atoms with E-state index in [4.69, 9.17) is 4.74 Å². The third-order valence-corrected chi connectivity index (χ3v) is 4.03. The maximum Gasteiger partial charge on any atom is 0.211 e. The monoisotopic (exact) mass is 359 g/mol. The van der Waals surface area contributed by atoms with E-state index in [1.54, 1.807) is 31.4 Å². The number of hydrogen-bond donors (Lipinski definition) is 1. The topological polar surface area (TPSA) is 65.4 Å². The van der Waals surface area contributed by atoms with Gasteiger partial charge in [0.25, 0.3) is 0 Å². The van der Waals surface area contributed by atoms with Gasteiger partial charge in [-0.05, 0) is 48.8 Å². The predicted molar refractivity (Wildman–Crippen MR) is 106 cm³/mol. The van der Waals surface area contributed by atoms with Crippen molar-refractivity contribution in [2.75, 3.05) is 25.5 Å². The highest BCUT2D eigenvalue weighted by Gasteiger charge is 2.24. The lowest BCUT2D eigenvalue weighted by Gasteiger charge is -2.15. The molecule has 0 unspecified atom stereocenters. The van der Waals surface area contributed by atoms with Gasteiger partial charge in [-0.25, -0.2) is 0 Å². The molecule has 0 aliphatic carbocycles. The van der Waals surface area contributed by atoms with Gasteiger partial charge in [0.2, 0.25) is 6.41 Å². The summed E-state index contributed by atoms with van der Waals surface area (Å²) in [6.07, 6.45) is 5.89. The molecule has 0 atom stereocenters. The molecular weight excluding hydrogens is 338 g/mol. The summed E-state index contributed by atoms with van der Waals surface area (Å²) in [6, 6.07) is 9.51. The number of nitrogens with zero attached hydrogens (tertiary/aromatic N) is 2. The molecule has 0 saturated heterocycles. The Kier molecular flexibility index (Phi) is 7.05. The van der Waals surface area contributed by atoms with Crippen LogP contribution in [0.15, 0.2) is 71.7 Å². The van der Waals surface area contributed by atoms with E-state index in [0.29, 0.717) is 35.7 Å². The van der Waals surface area contributed by atoms with Gasteiger partial charge in [0, 0.05) is 24.3 Å². The minimum atomic E-state index is 0.558. The minimum Gasteiger partial charge on any atom is -0.497 e. The Morgan fingerprint density at radius 2 is 2.26 bits per heavy atom. The second kappa shape index (κ2) is 9.70. The smallest absolute Gasteiger partial charge is 0.211 e. The van der Waals surface area contributed by atoms with E-state index >= 15 is 0 Å². The molecule has 0 bridgehead atoms. The fourth-order valence-corrected chi connectivity index (χ4v) is 2.63. The molecule has 1 amide bonds. The molecule has 0 fully saturated rings. The largest absolute Gasteiger partial charge is 0.497 e. The highest BCUT2D eigenvalue weighted by Crippen LogP contribution is 2.27. The maximum atomic E-state index is 10.6. The normalized spacial score (nSPS) is 15.1. The van der Waals surface area contributed by atoms with Gasteiger partial charge < -0.3 is 15.0 Å². The number of likely N-dealkylation sites (N-methyl/N-ethyl adjacent to an activating group) is 1. The third kappa shape index (κ3) is 4.90. The summed E-state index contributed by atoms with van der Waals surface area (Å²) in [5, 5.41) is 12.2. The van der Waals surface area contributed by atoms with Crippen LogP contribution in [0, 0.1) is 23.2 Å². The number of carbonyl (C=O) groups is 1. The standard InChI is InChI=1S/C22H21N3O2/c1-4-20(27-3)11-10-18-15-25(5-2)22(21(18)14-23)12-9-17-7-6-8-19(13-17)24-16-26/h4,6-8,10-11,13,16H,1,5,15H2,2-3H3,(H,24,26)/b18-10+,20-11+. The van der Waals surface area contributed by atoms with Crippen molar-refractivity contribution in [1.29, 1.82) is 5.26 Å². The molecule has 0 aromatic heterocycles. The zero-order valence-electron chi connectivity index (χ0n) is 15.5. The SMILES string of the molecule is C=C/C(=C\C=C1/CN(CC)C(C#Cc2cccc(NC=O)c2)=C1C#N)OC. The number of amides is 1. The van der Waals surface area contributed by atoms with Gasteiger partial charge in [0.05, 0.1) is 12.7 Å². The minimum absolute atomic E-state index is 0.558. The number of allylic oxidation sites excluding steroid dienone is 4. The number of nitriles is 1. The molecule has 0 radical (unpaired) electrons. The number of hydrogen-bond acceptors (Lipinski definition) is 4. The van der Waals surface area contributed by atoms with Crippen molar-refractivity contribution < 1.29 is 9.53 Å². The molecule has 1 aromatic rings. The lowest BCUT2D eigenvalue weighted by atomic mass is 10.1. The quantitative estimate of drug-likeness (QED) is 0.366. The molecule has 0 saturated carbocycles. The molecule has 5 nitrogen and oxygen atoms in total. The van der Waals surface area contributed by atoms with E-state index in [1.807, 2.05) is 25.1 Å². The first-order valence-corrected chi connectivity index (χ1v) is 8.46. The summed E-state index contributed by atoms with van der Waals surface area (Å²) < 4.78 is 5.17. The average molecular weight is 359 g/mol. The molecule has 2 rings (SSSR count). The summed E-state index contributed by atoms with van der Waals surface area (Å²) in [4.78, 5) is 12.6. The Balaban J connectivity index is 2.42. The third-order valence-electron chi connectivity index (χ3n) is 4.03. The molecule has 27 heavy (non-hydrogen) atoms. The molecule has 1 aliphatic rings. The van der Waals surface area contributed by atoms with Gasteiger partial charge in [-0.15, -0.1) is 0 Å². The first-order chi connectivity index (χ1) is 13.2. The number of carbonyl (C=O) groups excluding carboxylic acids is 1. The Hall–Kier alpha value is -3.70. The Morgan fingerprint density at radius 3 is 2.89 bits per heavy atom. The van der Waals surface area contributed by atoms with Crippen molar-refractivity contribution >= 4 is 12.1 Å². The summed E-state index contributed by atoms with van der Waals surface area (Å²) >= 11 is 0. The van der Waals surface area contributed by atoms with Crippen LogP contribution >= 0.6 is 0 Å². The summed E-state index contributed by atoms with van der Waals surface area (Å²) in [5.74, 6) is 6.83. The highest BCUT2D eigenvalue weighted by atomic mass is 16.5. The number of rotatable bonds is 6. The Bertz CT molecular complexity index is 921. The molecule has 5 heteroatoms. The van der Waals surface area contributed by atoms with Crippen LogP contribution in [0.25, 0.3) is 0 Å². The fraction of sp³-hybridized carbons (Fsp3) is 0.182. The van der Waals surface area contributed by atoms with Crippen molar-refractivity contribution in [2.45, 2.75) is 6.92 Å². The predicted octanol–water partition coefficient (Wildman–Crippen LogP) is 3.36. The van der Waals surface area contributed by atoms with Crippen molar-refractivity contribution in [3.63, 3.8) is 0 Å². The van der Waals surface area contributed by atoms with Crippen molar-refractivity contribution in [1.82, 2.24) is 4.90 Å². The molecule has 1 aromatic carbocycles. The molecular formula is C22H21N3O2. The number of ether oxygens (including phenoxy) is 1. The second-order valence-corrected chi connectivity index (χ2v) is 5.61. The number of benzene rings is 1. The maximum absolute atomic E-state index is 10.6. The zero-order chi connectivity index (χ0) is 19.6. The number of nitrogens with one attached hydrogen (secondary N) is 1. The highest BCUT2D eigenvalue weighted by molar-refractivity contribution is 5.72. The number of anilines is 1. The van der Waals surface area contributed by atoms with E-state index in [-0.39, 0.29) is 0 Å². The van der Waals surface area contributed by atoms with Gasteiger partial charge in [0.15, 0.2) is 0 Å². The van der Waals surface area contributed by atoms with Crippen LogP contribution in [0.4, 0.5) is 5.69 Å².